The number of carbonyl (C=O) groups is 1. The van der Waals surface area contributed by atoms with Crippen LogP contribution in [-0.4, -0.2) is 22.6 Å². The minimum absolute atomic E-state index is 0.225. The number of nitrogens with one attached hydrogen (secondary N) is 1. The minimum Gasteiger partial charge on any atom is -0.478 e. The van der Waals surface area contributed by atoms with Crippen LogP contribution in [0, 0.1) is 5.41 Å². The maximum absolute atomic E-state index is 10.7. The molecule has 0 aromatic carbocycles. The second-order valence-corrected chi connectivity index (χ2v) is 5.11. The van der Waals surface area contributed by atoms with Crippen LogP contribution < -0.4 is 5.32 Å². The summed E-state index contributed by atoms with van der Waals surface area (Å²) in [4.78, 5) is 14.8. The molecule has 1 aromatic heterocycles. The van der Waals surface area contributed by atoms with Crippen molar-refractivity contribution in [1.29, 1.82) is 0 Å². The Kier molecular flexibility index (Phi) is 3.31. The van der Waals surface area contributed by atoms with Crippen LogP contribution in [0.25, 0.3) is 0 Å². The highest BCUT2D eigenvalue weighted by atomic mass is 16.4. The lowest BCUT2D eigenvalue weighted by molar-refractivity contribution is 0.0696. The SMILES string of the molecule is CC1(CNc2ccc(C(=O)O)cn2)CCCC1. The van der Waals surface area contributed by atoms with E-state index in [-0.39, 0.29) is 5.56 Å². The molecule has 0 aliphatic heterocycles. The van der Waals surface area contributed by atoms with Crippen molar-refractivity contribution in [3.63, 3.8) is 0 Å². The molecule has 2 rings (SSSR count). The molecule has 4 nitrogen and oxygen atoms in total. The van der Waals surface area contributed by atoms with Crippen molar-refractivity contribution in [2.24, 2.45) is 5.41 Å². The number of hydrogen-bond acceptors (Lipinski definition) is 3. The van der Waals surface area contributed by atoms with Crippen LogP contribution in [0.15, 0.2) is 18.3 Å². The standard InChI is InChI=1S/C13H18N2O2/c1-13(6-2-3-7-13)9-15-11-5-4-10(8-14-11)12(16)17/h4-5,8H,2-3,6-7,9H2,1H3,(H,14,15)(H,16,17). The van der Waals surface area contributed by atoms with Crippen LogP contribution in [0.4, 0.5) is 5.82 Å². The highest BCUT2D eigenvalue weighted by Crippen LogP contribution is 2.37. The molecule has 0 radical (unpaired) electrons. The number of carboxylic acids is 1. The van der Waals surface area contributed by atoms with Crippen LogP contribution >= 0.6 is 0 Å². The van der Waals surface area contributed by atoms with Gasteiger partial charge in [-0.05, 0) is 30.4 Å². The van der Waals surface area contributed by atoms with Crippen molar-refractivity contribution in [3.05, 3.63) is 23.9 Å². The summed E-state index contributed by atoms with van der Waals surface area (Å²) in [5.74, 6) is -0.185. The van der Waals surface area contributed by atoms with Gasteiger partial charge in [0.2, 0.25) is 0 Å². The quantitative estimate of drug-likeness (QED) is 0.840. The first-order valence-corrected chi connectivity index (χ1v) is 6.02. The van der Waals surface area contributed by atoms with Gasteiger partial charge in [-0.15, -0.1) is 0 Å². The fraction of sp³-hybridized carbons (Fsp3) is 0.538. The molecule has 0 amide bonds. The monoisotopic (exact) mass is 234 g/mol. The van der Waals surface area contributed by atoms with Crippen LogP contribution in [-0.2, 0) is 0 Å². The van der Waals surface area contributed by atoms with E-state index in [1.807, 2.05) is 0 Å². The number of nitrogens with zero attached hydrogens (tertiary/aromatic N) is 1. The summed E-state index contributed by atoms with van der Waals surface area (Å²) in [5.41, 5.74) is 0.593. The fourth-order valence-corrected chi connectivity index (χ4v) is 2.33. The van der Waals surface area contributed by atoms with Gasteiger partial charge in [0.1, 0.15) is 5.82 Å². The summed E-state index contributed by atoms with van der Waals surface area (Å²) in [5, 5.41) is 12.0. The van der Waals surface area contributed by atoms with Gasteiger partial charge < -0.3 is 10.4 Å². The van der Waals surface area contributed by atoms with Gasteiger partial charge in [0.15, 0.2) is 0 Å². The van der Waals surface area contributed by atoms with Crippen molar-refractivity contribution in [3.8, 4) is 0 Å². The first kappa shape index (κ1) is 11.9. The Bertz CT molecular complexity index is 394. The molecule has 0 atom stereocenters. The summed E-state index contributed by atoms with van der Waals surface area (Å²) >= 11 is 0. The molecule has 1 fully saturated rings. The summed E-state index contributed by atoms with van der Waals surface area (Å²) in [6.45, 7) is 3.20. The van der Waals surface area contributed by atoms with E-state index in [1.165, 1.54) is 31.9 Å². The zero-order valence-corrected chi connectivity index (χ0v) is 10.1. The summed E-state index contributed by atoms with van der Waals surface area (Å²) in [6.07, 6.45) is 6.52. The van der Waals surface area contributed by atoms with Gasteiger partial charge >= 0.3 is 5.97 Å². The number of carboxylic acid groups (broad SMARTS) is 1. The van der Waals surface area contributed by atoms with Gasteiger partial charge in [0, 0.05) is 12.7 Å². The molecule has 1 aromatic rings. The molecule has 1 aliphatic carbocycles. The molecule has 1 heterocycles. The first-order valence-electron chi connectivity index (χ1n) is 6.02. The third-order valence-electron chi connectivity index (χ3n) is 3.52. The van der Waals surface area contributed by atoms with E-state index in [2.05, 4.69) is 17.2 Å². The molecule has 0 unspecified atom stereocenters. The van der Waals surface area contributed by atoms with Crippen LogP contribution in [0.5, 0.6) is 0 Å². The van der Waals surface area contributed by atoms with Crippen molar-refractivity contribution in [1.82, 2.24) is 4.98 Å². The Hall–Kier alpha value is -1.58. The molecule has 4 heteroatoms. The summed E-state index contributed by atoms with van der Waals surface area (Å²) in [6, 6.07) is 3.30. The van der Waals surface area contributed by atoms with E-state index >= 15 is 0 Å². The maximum Gasteiger partial charge on any atom is 0.337 e. The van der Waals surface area contributed by atoms with E-state index in [9.17, 15) is 4.79 Å². The van der Waals surface area contributed by atoms with Crippen LogP contribution in [0.3, 0.4) is 0 Å². The lowest BCUT2D eigenvalue weighted by Gasteiger charge is -2.23. The topological polar surface area (TPSA) is 62.2 Å². The smallest absolute Gasteiger partial charge is 0.337 e. The number of pyridine rings is 1. The van der Waals surface area contributed by atoms with Gasteiger partial charge in [-0.1, -0.05) is 19.8 Å². The molecule has 2 N–H and O–H groups in total. The molecule has 92 valence electrons. The second-order valence-electron chi connectivity index (χ2n) is 5.11. The minimum atomic E-state index is -0.938. The average molecular weight is 234 g/mol. The van der Waals surface area contributed by atoms with Crippen molar-refractivity contribution < 1.29 is 9.90 Å². The van der Waals surface area contributed by atoms with Gasteiger partial charge in [-0.25, -0.2) is 9.78 Å². The normalized spacial score (nSPS) is 17.9. The molecule has 0 saturated heterocycles. The van der Waals surface area contributed by atoms with Gasteiger partial charge in [-0.3, -0.25) is 0 Å². The van der Waals surface area contributed by atoms with E-state index in [0.717, 1.165) is 12.4 Å². The van der Waals surface area contributed by atoms with E-state index < -0.39 is 5.97 Å². The largest absolute Gasteiger partial charge is 0.478 e. The van der Waals surface area contributed by atoms with Crippen molar-refractivity contribution in [2.75, 3.05) is 11.9 Å². The zero-order valence-electron chi connectivity index (χ0n) is 10.1. The number of hydrogen-bond donors (Lipinski definition) is 2. The Morgan fingerprint density at radius 2 is 2.18 bits per heavy atom. The van der Waals surface area contributed by atoms with Gasteiger partial charge in [0.25, 0.3) is 0 Å². The Balaban J connectivity index is 1.93. The number of rotatable bonds is 4. The molecule has 0 bridgehead atoms. The molecular weight excluding hydrogens is 216 g/mol. The third-order valence-corrected chi connectivity index (χ3v) is 3.52. The maximum atomic E-state index is 10.7. The first-order chi connectivity index (χ1) is 8.09. The Morgan fingerprint density at radius 3 is 2.71 bits per heavy atom. The third kappa shape index (κ3) is 2.96. The Morgan fingerprint density at radius 1 is 1.47 bits per heavy atom. The van der Waals surface area contributed by atoms with Crippen LogP contribution in [0.2, 0.25) is 0 Å². The molecule has 0 spiro atoms. The fourth-order valence-electron chi connectivity index (χ4n) is 2.33. The predicted octanol–water partition coefficient (Wildman–Crippen LogP) is 2.77. The van der Waals surface area contributed by atoms with Crippen molar-refractivity contribution in [2.45, 2.75) is 32.6 Å². The van der Waals surface area contributed by atoms with Crippen molar-refractivity contribution >= 4 is 11.8 Å². The molecule has 17 heavy (non-hydrogen) atoms. The number of anilines is 1. The van der Waals surface area contributed by atoms with E-state index in [1.54, 1.807) is 12.1 Å². The highest BCUT2D eigenvalue weighted by molar-refractivity contribution is 5.87. The summed E-state index contributed by atoms with van der Waals surface area (Å²) < 4.78 is 0. The molecule has 1 aliphatic rings. The van der Waals surface area contributed by atoms with E-state index in [4.69, 9.17) is 5.11 Å². The molecule has 1 saturated carbocycles. The number of aromatic nitrogens is 1. The lowest BCUT2D eigenvalue weighted by atomic mass is 9.89. The van der Waals surface area contributed by atoms with E-state index in [0.29, 0.717) is 5.41 Å². The highest BCUT2D eigenvalue weighted by Gasteiger charge is 2.28. The predicted molar refractivity (Wildman–Crippen MR) is 66.3 cm³/mol. The van der Waals surface area contributed by atoms with Gasteiger partial charge in [0.05, 0.1) is 5.56 Å². The van der Waals surface area contributed by atoms with Gasteiger partial charge in [-0.2, -0.15) is 0 Å². The van der Waals surface area contributed by atoms with Crippen LogP contribution in [0.1, 0.15) is 43.0 Å². The lowest BCUT2D eigenvalue weighted by Crippen LogP contribution is -2.23. The molecular formula is C13H18N2O2. The zero-order chi connectivity index (χ0) is 12.3. The summed E-state index contributed by atoms with van der Waals surface area (Å²) in [7, 11) is 0. The average Bonchev–Trinajstić information content (AvgIpc) is 2.75. The number of aromatic carboxylic acids is 1. The Labute approximate surface area is 101 Å². The second kappa shape index (κ2) is 4.73.